The number of phenolic OH excluding ortho intramolecular Hbond substituents is 1. The molecule has 14 nitrogen and oxygen atoms in total. The van der Waals surface area contributed by atoms with E-state index in [1.54, 1.807) is 13.8 Å². The summed E-state index contributed by atoms with van der Waals surface area (Å²) in [4.78, 5) is 71.5. The second-order valence-corrected chi connectivity index (χ2v) is 8.70. The van der Waals surface area contributed by atoms with Crippen molar-refractivity contribution in [3.63, 3.8) is 0 Å². The zero-order valence-corrected chi connectivity index (χ0v) is 20.3. The van der Waals surface area contributed by atoms with E-state index in [-0.39, 0.29) is 25.0 Å². The topological polar surface area (TPSA) is 245 Å². The number of carboxylic acids is 3. The molecule has 4 unspecified atom stereocenters. The van der Waals surface area contributed by atoms with Gasteiger partial charge in [-0.25, -0.2) is 4.79 Å². The Kier molecular flexibility index (Phi) is 12.0. The van der Waals surface area contributed by atoms with E-state index >= 15 is 0 Å². The quantitative estimate of drug-likeness (QED) is 0.135. The van der Waals surface area contributed by atoms with E-state index in [9.17, 15) is 39.0 Å². The minimum atomic E-state index is -1.73. The number of carboxylic acid groups (broad SMARTS) is 3. The van der Waals surface area contributed by atoms with Crippen LogP contribution in [0.3, 0.4) is 0 Å². The number of nitrogens with two attached hydrogens (primary N) is 1. The Balaban J connectivity index is 3.10. The molecule has 1 aromatic carbocycles. The van der Waals surface area contributed by atoms with Crippen molar-refractivity contribution < 1.29 is 49.2 Å². The summed E-state index contributed by atoms with van der Waals surface area (Å²) >= 11 is 0. The predicted octanol–water partition coefficient (Wildman–Crippen LogP) is -1.20. The van der Waals surface area contributed by atoms with Crippen molar-refractivity contribution in [2.24, 2.45) is 11.7 Å². The van der Waals surface area contributed by atoms with Gasteiger partial charge in [0, 0.05) is 12.8 Å². The lowest BCUT2D eigenvalue weighted by Crippen LogP contribution is -2.59. The van der Waals surface area contributed by atoms with Crippen molar-refractivity contribution >= 4 is 35.6 Å². The van der Waals surface area contributed by atoms with Crippen molar-refractivity contribution in [1.82, 2.24) is 16.0 Å². The van der Waals surface area contributed by atoms with Crippen LogP contribution in [-0.2, 0) is 35.2 Å². The molecule has 3 amide bonds. The van der Waals surface area contributed by atoms with Crippen LogP contribution in [0.25, 0.3) is 0 Å². The summed E-state index contributed by atoms with van der Waals surface area (Å²) in [6.07, 6.45) is -1.54. The maximum atomic E-state index is 13.2. The summed E-state index contributed by atoms with van der Waals surface area (Å²) in [6.45, 7) is 3.12. The third kappa shape index (κ3) is 10.9. The summed E-state index contributed by atoms with van der Waals surface area (Å²) in [7, 11) is 0. The molecule has 0 heterocycles. The Morgan fingerprint density at radius 1 is 0.811 bits per heavy atom. The van der Waals surface area contributed by atoms with Crippen LogP contribution in [-0.4, -0.2) is 80.2 Å². The first kappa shape index (κ1) is 30.8. The number of phenols is 1. The minimum absolute atomic E-state index is 0.0321. The fourth-order valence-electron chi connectivity index (χ4n) is 3.19. The molecule has 14 heteroatoms. The van der Waals surface area contributed by atoms with Crippen LogP contribution in [0.15, 0.2) is 24.3 Å². The van der Waals surface area contributed by atoms with Gasteiger partial charge in [-0.3, -0.25) is 24.0 Å². The molecule has 0 radical (unpaired) electrons. The molecule has 1 rings (SSSR count). The second kappa shape index (κ2) is 14.4. The van der Waals surface area contributed by atoms with E-state index in [4.69, 9.17) is 15.9 Å². The molecule has 0 aliphatic rings. The van der Waals surface area contributed by atoms with E-state index in [1.807, 2.05) is 0 Å². The zero-order valence-electron chi connectivity index (χ0n) is 20.3. The summed E-state index contributed by atoms with van der Waals surface area (Å²) in [5.41, 5.74) is 6.26. The van der Waals surface area contributed by atoms with Gasteiger partial charge in [0.15, 0.2) is 0 Å². The van der Waals surface area contributed by atoms with Gasteiger partial charge in [-0.15, -0.1) is 0 Å². The van der Waals surface area contributed by atoms with Crippen LogP contribution in [0.2, 0.25) is 0 Å². The highest BCUT2D eigenvalue weighted by atomic mass is 16.4. The van der Waals surface area contributed by atoms with E-state index in [2.05, 4.69) is 16.0 Å². The lowest BCUT2D eigenvalue weighted by molar-refractivity contribution is -0.147. The number of hydrogen-bond acceptors (Lipinski definition) is 8. The molecule has 0 spiro atoms. The Bertz CT molecular complexity index is 996. The zero-order chi connectivity index (χ0) is 28.3. The van der Waals surface area contributed by atoms with Gasteiger partial charge < -0.3 is 42.1 Å². The summed E-state index contributed by atoms with van der Waals surface area (Å²) in [6, 6.07) is 0.196. The Morgan fingerprint density at radius 3 is 1.86 bits per heavy atom. The molecule has 0 saturated heterocycles. The third-order valence-corrected chi connectivity index (χ3v) is 5.26. The lowest BCUT2D eigenvalue weighted by atomic mass is 10.00. The van der Waals surface area contributed by atoms with Gasteiger partial charge in [0.2, 0.25) is 17.7 Å². The first-order valence-corrected chi connectivity index (χ1v) is 11.3. The standard InChI is InChI=1S/C23H32N4O10/c1-11(2)19(22(35)26-16(23(36)37)10-18(31)32)27-21(34)15(9-12-3-5-13(28)6-4-12)25-20(33)14(24)7-8-17(29)30/h3-6,11,14-16,19,28H,7-10,24H2,1-2H3,(H,25,33)(H,26,35)(H,27,34)(H,29,30)(H,31,32)(H,36,37). The molecular formula is C23H32N4O10. The normalized spacial score (nSPS) is 14.1. The molecule has 9 N–H and O–H groups in total. The van der Waals surface area contributed by atoms with Gasteiger partial charge in [0.25, 0.3) is 0 Å². The highest BCUT2D eigenvalue weighted by molar-refractivity contribution is 5.95. The summed E-state index contributed by atoms with van der Waals surface area (Å²) in [5, 5.41) is 43.3. The number of benzene rings is 1. The average Bonchev–Trinajstić information content (AvgIpc) is 2.80. The number of amides is 3. The first-order valence-electron chi connectivity index (χ1n) is 11.3. The highest BCUT2D eigenvalue weighted by Crippen LogP contribution is 2.13. The van der Waals surface area contributed by atoms with Crippen molar-refractivity contribution in [3.05, 3.63) is 29.8 Å². The van der Waals surface area contributed by atoms with Crippen molar-refractivity contribution in [3.8, 4) is 5.75 Å². The monoisotopic (exact) mass is 524 g/mol. The number of carbonyl (C=O) groups excluding carboxylic acids is 3. The maximum Gasteiger partial charge on any atom is 0.326 e. The van der Waals surface area contributed by atoms with Crippen LogP contribution in [0, 0.1) is 5.92 Å². The molecule has 204 valence electrons. The second-order valence-electron chi connectivity index (χ2n) is 8.70. The van der Waals surface area contributed by atoms with Gasteiger partial charge in [0.1, 0.15) is 23.9 Å². The van der Waals surface area contributed by atoms with Crippen molar-refractivity contribution in [1.29, 1.82) is 0 Å². The van der Waals surface area contributed by atoms with Crippen LogP contribution in [0.1, 0.15) is 38.7 Å². The fourth-order valence-corrected chi connectivity index (χ4v) is 3.19. The van der Waals surface area contributed by atoms with E-state index in [0.29, 0.717) is 5.56 Å². The third-order valence-electron chi connectivity index (χ3n) is 5.26. The smallest absolute Gasteiger partial charge is 0.326 e. The number of carbonyl (C=O) groups is 6. The minimum Gasteiger partial charge on any atom is -0.508 e. The Morgan fingerprint density at radius 2 is 1.38 bits per heavy atom. The van der Waals surface area contributed by atoms with Gasteiger partial charge in [0.05, 0.1) is 12.5 Å². The highest BCUT2D eigenvalue weighted by Gasteiger charge is 2.32. The molecule has 0 bridgehead atoms. The van der Waals surface area contributed by atoms with Gasteiger partial charge in [-0.2, -0.15) is 0 Å². The molecule has 0 aliphatic carbocycles. The SMILES string of the molecule is CC(C)C(NC(=O)C(Cc1ccc(O)cc1)NC(=O)C(N)CCC(=O)O)C(=O)NC(CC(=O)O)C(=O)O. The molecule has 0 aliphatic heterocycles. The molecular weight excluding hydrogens is 492 g/mol. The fraction of sp³-hybridized carbons (Fsp3) is 0.478. The largest absolute Gasteiger partial charge is 0.508 e. The summed E-state index contributed by atoms with van der Waals surface area (Å²) < 4.78 is 0. The Hall–Kier alpha value is -4.20. The predicted molar refractivity (Wildman–Crippen MR) is 127 cm³/mol. The van der Waals surface area contributed by atoms with Gasteiger partial charge in [-0.05, 0) is 30.0 Å². The number of aliphatic carboxylic acids is 3. The van der Waals surface area contributed by atoms with E-state index < -0.39 is 72.1 Å². The molecule has 37 heavy (non-hydrogen) atoms. The number of nitrogens with one attached hydrogen (secondary N) is 3. The molecule has 0 fully saturated rings. The molecule has 1 aromatic rings. The molecule has 4 atom stereocenters. The van der Waals surface area contributed by atoms with E-state index in [0.717, 1.165) is 0 Å². The summed E-state index contributed by atoms with van der Waals surface area (Å²) in [5.74, 6) is -7.35. The first-order chi connectivity index (χ1) is 17.2. The van der Waals surface area contributed by atoms with Crippen molar-refractivity contribution in [2.45, 2.75) is 63.7 Å². The van der Waals surface area contributed by atoms with Crippen LogP contribution in [0.5, 0.6) is 5.75 Å². The van der Waals surface area contributed by atoms with Crippen molar-refractivity contribution in [2.75, 3.05) is 0 Å². The number of hydrogen-bond donors (Lipinski definition) is 8. The molecule has 0 aromatic heterocycles. The van der Waals surface area contributed by atoms with Crippen LogP contribution < -0.4 is 21.7 Å². The van der Waals surface area contributed by atoms with E-state index in [1.165, 1.54) is 24.3 Å². The number of rotatable bonds is 15. The average molecular weight is 525 g/mol. The van der Waals surface area contributed by atoms with Crippen LogP contribution in [0.4, 0.5) is 0 Å². The van der Waals surface area contributed by atoms with Gasteiger partial charge >= 0.3 is 17.9 Å². The number of aromatic hydroxyl groups is 1. The van der Waals surface area contributed by atoms with Gasteiger partial charge in [-0.1, -0.05) is 26.0 Å². The van der Waals surface area contributed by atoms with Crippen LogP contribution >= 0.6 is 0 Å². The maximum absolute atomic E-state index is 13.2. The lowest BCUT2D eigenvalue weighted by Gasteiger charge is -2.27. The molecule has 0 saturated carbocycles. The Labute approximate surface area is 212 Å².